The fourth-order valence-corrected chi connectivity index (χ4v) is 1.80. The molecule has 0 aliphatic carbocycles. The molecule has 4 heteroatoms. The normalized spacial score (nSPS) is 10.4. The minimum atomic E-state index is -0.462. The molecule has 1 amide bonds. The highest BCUT2D eigenvalue weighted by atomic mass is 16.1. The maximum absolute atomic E-state index is 12.1. The maximum atomic E-state index is 12.1. The van der Waals surface area contributed by atoms with Gasteiger partial charge in [-0.1, -0.05) is 29.8 Å². The lowest BCUT2D eigenvalue weighted by Gasteiger charge is -2.04. The summed E-state index contributed by atoms with van der Waals surface area (Å²) in [5, 5.41) is 20.6. The van der Waals surface area contributed by atoms with Crippen LogP contribution in [-0.2, 0) is 4.79 Å². The molecule has 4 nitrogen and oxygen atoms in total. The Kier molecular flexibility index (Phi) is 4.70. The Balaban J connectivity index is 2.17. The fourth-order valence-electron chi connectivity index (χ4n) is 1.80. The number of aryl methyl sites for hydroxylation is 1. The van der Waals surface area contributed by atoms with Gasteiger partial charge >= 0.3 is 0 Å². The van der Waals surface area contributed by atoms with E-state index in [0.717, 1.165) is 5.56 Å². The van der Waals surface area contributed by atoms with E-state index in [-0.39, 0.29) is 5.57 Å². The molecule has 1 N–H and O–H groups in total. The minimum Gasteiger partial charge on any atom is -0.321 e. The Morgan fingerprint density at radius 2 is 1.68 bits per heavy atom. The highest BCUT2D eigenvalue weighted by Crippen LogP contribution is 2.13. The Morgan fingerprint density at radius 3 is 2.23 bits per heavy atom. The van der Waals surface area contributed by atoms with Gasteiger partial charge in [-0.25, -0.2) is 0 Å². The molecule has 0 aromatic heterocycles. The number of benzene rings is 2. The molecule has 0 aliphatic heterocycles. The average Bonchev–Trinajstić information content (AvgIpc) is 2.55. The van der Waals surface area contributed by atoms with Crippen molar-refractivity contribution in [2.75, 3.05) is 5.32 Å². The van der Waals surface area contributed by atoms with Crippen molar-refractivity contribution in [2.24, 2.45) is 0 Å². The summed E-state index contributed by atoms with van der Waals surface area (Å²) in [7, 11) is 0. The molecule has 2 aromatic rings. The van der Waals surface area contributed by atoms with Gasteiger partial charge in [0.25, 0.3) is 5.91 Å². The summed E-state index contributed by atoms with van der Waals surface area (Å²) in [6.07, 6.45) is 1.49. The minimum absolute atomic E-state index is 0.00489. The number of rotatable bonds is 3. The van der Waals surface area contributed by atoms with E-state index in [1.54, 1.807) is 36.4 Å². The van der Waals surface area contributed by atoms with Crippen molar-refractivity contribution in [1.82, 2.24) is 0 Å². The van der Waals surface area contributed by atoms with Gasteiger partial charge in [0.05, 0.1) is 11.6 Å². The lowest BCUT2D eigenvalue weighted by molar-refractivity contribution is -0.112. The van der Waals surface area contributed by atoms with Crippen molar-refractivity contribution in [3.05, 3.63) is 70.8 Å². The molecule has 2 rings (SSSR count). The summed E-state index contributed by atoms with van der Waals surface area (Å²) in [6, 6.07) is 17.9. The van der Waals surface area contributed by atoms with Crippen molar-refractivity contribution < 1.29 is 4.79 Å². The highest BCUT2D eigenvalue weighted by molar-refractivity contribution is 6.09. The Hall–Kier alpha value is -3.37. The molecular weight excluding hydrogens is 274 g/mol. The first-order valence-electron chi connectivity index (χ1n) is 6.62. The van der Waals surface area contributed by atoms with Gasteiger partial charge in [0.2, 0.25) is 0 Å². The smallest absolute Gasteiger partial charge is 0.266 e. The van der Waals surface area contributed by atoms with E-state index in [1.165, 1.54) is 6.08 Å². The van der Waals surface area contributed by atoms with E-state index in [9.17, 15) is 4.79 Å². The third-order valence-electron chi connectivity index (χ3n) is 3.03. The topological polar surface area (TPSA) is 76.7 Å². The summed E-state index contributed by atoms with van der Waals surface area (Å²) < 4.78 is 0. The number of nitrogens with one attached hydrogen (secondary N) is 1. The van der Waals surface area contributed by atoms with E-state index < -0.39 is 5.91 Å². The molecule has 0 unspecified atom stereocenters. The van der Waals surface area contributed by atoms with Gasteiger partial charge < -0.3 is 5.32 Å². The average molecular weight is 287 g/mol. The maximum Gasteiger partial charge on any atom is 0.266 e. The predicted octanol–water partition coefficient (Wildman–Crippen LogP) is 3.41. The monoisotopic (exact) mass is 287 g/mol. The van der Waals surface area contributed by atoms with E-state index in [4.69, 9.17) is 10.5 Å². The van der Waals surface area contributed by atoms with Crippen LogP contribution in [0.5, 0.6) is 0 Å². The van der Waals surface area contributed by atoms with Crippen LogP contribution < -0.4 is 5.32 Å². The molecule has 0 aliphatic rings. The van der Waals surface area contributed by atoms with E-state index in [0.29, 0.717) is 16.8 Å². The molecule has 106 valence electrons. The zero-order chi connectivity index (χ0) is 15.9. The number of hydrogen-bond donors (Lipinski definition) is 1. The lowest BCUT2D eigenvalue weighted by Crippen LogP contribution is -2.13. The standard InChI is InChI=1S/C18H13N3O/c1-13-2-8-17(9-3-13)21-18(22)16(12-20)10-14-4-6-15(11-19)7-5-14/h2-10H,1H3,(H,21,22)/b16-10-. The van der Waals surface area contributed by atoms with Gasteiger partial charge in [-0.3, -0.25) is 4.79 Å². The Bertz CT molecular complexity index is 788. The van der Waals surface area contributed by atoms with E-state index in [1.807, 2.05) is 31.2 Å². The van der Waals surface area contributed by atoms with Crippen LogP contribution in [0.4, 0.5) is 5.69 Å². The van der Waals surface area contributed by atoms with Crippen LogP contribution in [0.1, 0.15) is 16.7 Å². The highest BCUT2D eigenvalue weighted by Gasteiger charge is 2.09. The van der Waals surface area contributed by atoms with E-state index >= 15 is 0 Å². The molecule has 0 saturated carbocycles. The zero-order valence-corrected chi connectivity index (χ0v) is 12.0. The van der Waals surface area contributed by atoms with Crippen LogP contribution in [-0.4, -0.2) is 5.91 Å². The molecular formula is C18H13N3O. The van der Waals surface area contributed by atoms with Crippen LogP contribution >= 0.6 is 0 Å². The second-order valence-corrected chi connectivity index (χ2v) is 4.72. The van der Waals surface area contributed by atoms with Gasteiger partial charge in [-0.05, 0) is 42.8 Å². The van der Waals surface area contributed by atoms with Gasteiger partial charge in [-0.15, -0.1) is 0 Å². The number of carbonyl (C=O) groups excluding carboxylic acids is 1. The van der Waals surface area contributed by atoms with Gasteiger partial charge in [0.15, 0.2) is 0 Å². The molecule has 0 spiro atoms. The third-order valence-corrected chi connectivity index (χ3v) is 3.03. The molecule has 0 heterocycles. The molecule has 0 saturated heterocycles. The summed E-state index contributed by atoms with van der Waals surface area (Å²) in [4.78, 5) is 12.1. The van der Waals surface area contributed by atoms with Crippen molar-refractivity contribution in [2.45, 2.75) is 6.92 Å². The summed E-state index contributed by atoms with van der Waals surface area (Å²) in [5.41, 5.74) is 2.95. The molecule has 2 aromatic carbocycles. The SMILES string of the molecule is Cc1ccc(NC(=O)/C(C#N)=C\c2ccc(C#N)cc2)cc1. The number of nitriles is 2. The van der Waals surface area contributed by atoms with Crippen LogP contribution in [0.2, 0.25) is 0 Å². The molecule has 0 radical (unpaired) electrons. The third kappa shape index (κ3) is 3.82. The predicted molar refractivity (Wildman–Crippen MR) is 84.6 cm³/mol. The number of nitrogens with zero attached hydrogens (tertiary/aromatic N) is 2. The van der Waals surface area contributed by atoms with Gasteiger partial charge in [-0.2, -0.15) is 10.5 Å². The summed E-state index contributed by atoms with van der Waals surface area (Å²) >= 11 is 0. The van der Waals surface area contributed by atoms with Crippen molar-refractivity contribution in [1.29, 1.82) is 10.5 Å². The Morgan fingerprint density at radius 1 is 1.05 bits per heavy atom. The van der Waals surface area contributed by atoms with Crippen LogP contribution in [0.25, 0.3) is 6.08 Å². The summed E-state index contributed by atoms with van der Waals surface area (Å²) in [6.45, 7) is 1.96. The Labute approximate surface area is 128 Å². The first-order chi connectivity index (χ1) is 10.6. The second kappa shape index (κ2) is 6.88. The zero-order valence-electron chi connectivity index (χ0n) is 12.0. The number of amides is 1. The van der Waals surface area contributed by atoms with Gasteiger partial charge in [0, 0.05) is 5.69 Å². The molecule has 0 fully saturated rings. The van der Waals surface area contributed by atoms with Gasteiger partial charge in [0.1, 0.15) is 11.6 Å². The largest absolute Gasteiger partial charge is 0.321 e. The second-order valence-electron chi connectivity index (χ2n) is 4.72. The first kappa shape index (κ1) is 15.0. The van der Waals surface area contributed by atoms with Crippen molar-refractivity contribution >= 4 is 17.7 Å². The fraction of sp³-hybridized carbons (Fsp3) is 0.0556. The summed E-state index contributed by atoms with van der Waals surface area (Å²) in [5.74, 6) is -0.462. The van der Waals surface area contributed by atoms with Crippen LogP contribution in [0.15, 0.2) is 54.1 Å². The van der Waals surface area contributed by atoms with Crippen LogP contribution in [0, 0.1) is 29.6 Å². The first-order valence-corrected chi connectivity index (χ1v) is 6.62. The van der Waals surface area contributed by atoms with Crippen molar-refractivity contribution in [3.63, 3.8) is 0 Å². The van der Waals surface area contributed by atoms with E-state index in [2.05, 4.69) is 5.32 Å². The van der Waals surface area contributed by atoms with Crippen molar-refractivity contribution in [3.8, 4) is 12.1 Å². The number of carbonyl (C=O) groups is 1. The lowest BCUT2D eigenvalue weighted by atomic mass is 10.1. The molecule has 0 atom stereocenters. The molecule has 22 heavy (non-hydrogen) atoms. The quantitative estimate of drug-likeness (QED) is 0.694. The molecule has 0 bridgehead atoms. The number of anilines is 1. The van der Waals surface area contributed by atoms with Crippen LogP contribution in [0.3, 0.4) is 0 Å². The number of hydrogen-bond acceptors (Lipinski definition) is 3.